The van der Waals surface area contributed by atoms with E-state index >= 15 is 0 Å². The Labute approximate surface area is 218 Å². The Morgan fingerprint density at radius 1 is 1.27 bits per heavy atom. The molecule has 12 heteroatoms. The van der Waals surface area contributed by atoms with Crippen molar-refractivity contribution in [2.75, 3.05) is 38.8 Å². The van der Waals surface area contributed by atoms with Crippen LogP contribution in [0, 0.1) is 5.92 Å². The van der Waals surface area contributed by atoms with Crippen LogP contribution in [0.2, 0.25) is 5.02 Å². The number of rotatable bonds is 8. The molecule has 3 aromatic rings. The van der Waals surface area contributed by atoms with Gasteiger partial charge in [-0.05, 0) is 36.6 Å². The van der Waals surface area contributed by atoms with Crippen LogP contribution in [0.1, 0.15) is 24.1 Å². The average molecular weight is 530 g/mol. The zero-order valence-electron chi connectivity index (χ0n) is 20.8. The van der Waals surface area contributed by atoms with E-state index in [4.69, 9.17) is 21.1 Å². The van der Waals surface area contributed by atoms with Gasteiger partial charge in [0, 0.05) is 39.0 Å². The molecule has 1 fully saturated rings. The number of carboxylic acid groups (broad SMARTS) is 1. The molecule has 0 unspecified atom stereocenters. The summed E-state index contributed by atoms with van der Waals surface area (Å²) in [6, 6.07) is 5.27. The van der Waals surface area contributed by atoms with E-state index in [0.29, 0.717) is 59.2 Å². The Balaban J connectivity index is 1.68. The number of benzene rings is 1. The van der Waals surface area contributed by atoms with Crippen LogP contribution in [0.15, 0.2) is 29.2 Å². The third-order valence-corrected chi connectivity index (χ3v) is 6.70. The lowest BCUT2D eigenvalue weighted by Crippen LogP contribution is -2.39. The van der Waals surface area contributed by atoms with E-state index in [2.05, 4.69) is 15.3 Å². The minimum atomic E-state index is -0.824. The maximum Gasteiger partial charge on any atom is 0.308 e. The van der Waals surface area contributed by atoms with Gasteiger partial charge >= 0.3 is 5.97 Å². The molecule has 0 aliphatic carbocycles. The molecule has 0 spiro atoms. The van der Waals surface area contributed by atoms with Crippen LogP contribution in [0.4, 0.5) is 5.95 Å². The minimum Gasteiger partial charge on any atom is -0.495 e. The van der Waals surface area contributed by atoms with Gasteiger partial charge in [-0.1, -0.05) is 11.6 Å². The molecule has 0 radical (unpaired) electrons. The summed E-state index contributed by atoms with van der Waals surface area (Å²) in [5.41, 5.74) is 1.57. The predicted octanol–water partition coefficient (Wildman–Crippen LogP) is 2.01. The number of aliphatic carboxylic acids is 1. The summed E-state index contributed by atoms with van der Waals surface area (Å²) < 4.78 is 12.5. The number of pyridine rings is 1. The number of halogens is 1. The standard InChI is InChI=1S/C25H28ClN5O6/c1-27-21(32)13-37-20-10-16-7-14(9-19(36-3)22(16)30(2)23(20)33)8-18-17(26)11-28-25(29-18)31-6-4-5-15(12-31)24(34)35/h7,9-11,15H,4-6,8,12-13H2,1-3H3,(H,27,32)(H,34,35)/t15-/m1/s1. The number of nitrogens with one attached hydrogen (secondary N) is 1. The minimum absolute atomic E-state index is 0.0400. The summed E-state index contributed by atoms with van der Waals surface area (Å²) in [7, 11) is 4.61. The maximum absolute atomic E-state index is 12.8. The molecule has 1 atom stereocenters. The summed E-state index contributed by atoms with van der Waals surface area (Å²) in [5, 5.41) is 12.9. The van der Waals surface area contributed by atoms with Gasteiger partial charge in [-0.25, -0.2) is 9.97 Å². The number of anilines is 1. The predicted molar refractivity (Wildman–Crippen MR) is 138 cm³/mol. The van der Waals surface area contributed by atoms with Gasteiger partial charge in [0.2, 0.25) is 5.95 Å². The summed E-state index contributed by atoms with van der Waals surface area (Å²) in [5.74, 6) is -0.687. The van der Waals surface area contributed by atoms with Crippen molar-refractivity contribution >= 4 is 40.3 Å². The van der Waals surface area contributed by atoms with Crippen LogP contribution in [0.5, 0.6) is 11.5 Å². The van der Waals surface area contributed by atoms with Gasteiger partial charge in [0.15, 0.2) is 12.4 Å². The fraction of sp³-hybridized carbons (Fsp3) is 0.400. The van der Waals surface area contributed by atoms with E-state index in [-0.39, 0.29) is 18.3 Å². The van der Waals surface area contributed by atoms with Crippen molar-refractivity contribution in [1.29, 1.82) is 0 Å². The molecule has 0 saturated carbocycles. The number of fused-ring (bicyclic) bond motifs is 1. The van der Waals surface area contributed by atoms with Crippen LogP contribution in [-0.4, -0.2) is 65.4 Å². The van der Waals surface area contributed by atoms with Crippen molar-refractivity contribution in [1.82, 2.24) is 19.9 Å². The molecule has 2 aromatic heterocycles. The van der Waals surface area contributed by atoms with Crippen molar-refractivity contribution in [2.45, 2.75) is 19.3 Å². The normalized spacial score (nSPS) is 15.5. The van der Waals surface area contributed by atoms with Gasteiger partial charge in [0.1, 0.15) is 5.75 Å². The maximum atomic E-state index is 12.8. The molecule has 3 heterocycles. The Kier molecular flexibility index (Phi) is 7.82. The van der Waals surface area contributed by atoms with Crippen LogP contribution >= 0.6 is 11.6 Å². The fourth-order valence-electron chi connectivity index (χ4n) is 4.43. The van der Waals surface area contributed by atoms with Crippen molar-refractivity contribution < 1.29 is 24.2 Å². The highest BCUT2D eigenvalue weighted by atomic mass is 35.5. The molecule has 1 saturated heterocycles. The molecule has 11 nitrogen and oxygen atoms in total. The Hall–Kier alpha value is -3.86. The molecule has 1 amide bonds. The topological polar surface area (TPSA) is 136 Å². The number of ether oxygens (including phenoxy) is 2. The quantitative estimate of drug-likeness (QED) is 0.449. The number of carboxylic acids is 1. The van der Waals surface area contributed by atoms with Crippen LogP contribution in [0.25, 0.3) is 10.9 Å². The smallest absolute Gasteiger partial charge is 0.308 e. The average Bonchev–Trinajstić information content (AvgIpc) is 2.90. The van der Waals surface area contributed by atoms with Gasteiger partial charge in [-0.2, -0.15) is 0 Å². The first-order chi connectivity index (χ1) is 17.7. The molecule has 196 valence electrons. The van der Waals surface area contributed by atoms with Crippen LogP contribution < -0.4 is 25.2 Å². The van der Waals surface area contributed by atoms with E-state index in [1.807, 2.05) is 17.0 Å². The molecular weight excluding hydrogens is 502 g/mol. The number of nitrogens with zero attached hydrogens (tertiary/aromatic N) is 4. The van der Waals surface area contributed by atoms with Crippen molar-refractivity contribution in [3.8, 4) is 11.5 Å². The second-order valence-electron chi connectivity index (χ2n) is 8.84. The first-order valence-electron chi connectivity index (χ1n) is 11.7. The van der Waals surface area contributed by atoms with Gasteiger partial charge in [-0.3, -0.25) is 14.4 Å². The van der Waals surface area contributed by atoms with E-state index in [9.17, 15) is 19.5 Å². The lowest BCUT2D eigenvalue weighted by atomic mass is 9.99. The second kappa shape index (κ2) is 11.0. The highest BCUT2D eigenvalue weighted by Crippen LogP contribution is 2.31. The highest BCUT2D eigenvalue weighted by molar-refractivity contribution is 6.31. The Morgan fingerprint density at radius 3 is 2.76 bits per heavy atom. The van der Waals surface area contributed by atoms with Gasteiger partial charge in [0.25, 0.3) is 11.5 Å². The van der Waals surface area contributed by atoms with Crippen molar-refractivity contribution in [3.63, 3.8) is 0 Å². The first kappa shape index (κ1) is 26.2. The summed E-state index contributed by atoms with van der Waals surface area (Å²) in [6.07, 6.45) is 3.23. The van der Waals surface area contributed by atoms with Crippen molar-refractivity contribution in [2.24, 2.45) is 13.0 Å². The van der Waals surface area contributed by atoms with E-state index < -0.39 is 17.4 Å². The van der Waals surface area contributed by atoms with Crippen LogP contribution in [-0.2, 0) is 23.1 Å². The number of hydrogen-bond donors (Lipinski definition) is 2. The summed E-state index contributed by atoms with van der Waals surface area (Å²) in [6.45, 7) is 0.723. The number of piperidine rings is 1. The molecule has 2 N–H and O–H groups in total. The molecule has 37 heavy (non-hydrogen) atoms. The zero-order valence-corrected chi connectivity index (χ0v) is 21.5. The SMILES string of the molecule is CNC(=O)COc1cc2cc(Cc3nc(N4CCC[C@@H](C(=O)O)C4)ncc3Cl)cc(OC)c2n(C)c1=O. The molecule has 1 aliphatic rings. The van der Waals surface area contributed by atoms with E-state index in [1.54, 1.807) is 13.1 Å². The lowest BCUT2D eigenvalue weighted by molar-refractivity contribution is -0.142. The number of aryl methyl sites for hydroxylation is 1. The zero-order chi connectivity index (χ0) is 26.7. The number of hydrogen-bond acceptors (Lipinski definition) is 8. The van der Waals surface area contributed by atoms with Gasteiger partial charge in [-0.15, -0.1) is 0 Å². The Bertz CT molecular complexity index is 1410. The van der Waals surface area contributed by atoms with Gasteiger partial charge in [0.05, 0.1) is 35.5 Å². The number of methoxy groups -OCH3 is 1. The third-order valence-electron chi connectivity index (χ3n) is 6.39. The molecule has 0 bridgehead atoms. The lowest BCUT2D eigenvalue weighted by Gasteiger charge is -2.30. The summed E-state index contributed by atoms with van der Waals surface area (Å²) in [4.78, 5) is 46.7. The third kappa shape index (κ3) is 5.61. The number of amides is 1. The second-order valence-corrected chi connectivity index (χ2v) is 9.24. The monoisotopic (exact) mass is 529 g/mol. The highest BCUT2D eigenvalue weighted by Gasteiger charge is 2.27. The fourth-order valence-corrected chi connectivity index (χ4v) is 4.58. The Morgan fingerprint density at radius 2 is 2.05 bits per heavy atom. The summed E-state index contributed by atoms with van der Waals surface area (Å²) >= 11 is 6.44. The van der Waals surface area contributed by atoms with E-state index in [1.165, 1.54) is 24.9 Å². The molecule has 4 rings (SSSR count). The number of aromatic nitrogens is 3. The van der Waals surface area contributed by atoms with Crippen molar-refractivity contribution in [3.05, 3.63) is 51.0 Å². The van der Waals surface area contributed by atoms with E-state index in [0.717, 1.165) is 12.0 Å². The number of carbonyl (C=O) groups is 2. The molecule has 1 aliphatic heterocycles. The number of carbonyl (C=O) groups excluding carboxylic acids is 1. The largest absolute Gasteiger partial charge is 0.495 e. The molecular formula is C25H28ClN5O6. The number of likely N-dealkylation sites (N-methyl/N-ethyl adjacent to an activating group) is 1. The van der Waals surface area contributed by atoms with Gasteiger partial charge < -0.3 is 29.4 Å². The van der Waals surface area contributed by atoms with Crippen LogP contribution in [0.3, 0.4) is 0 Å². The first-order valence-corrected chi connectivity index (χ1v) is 12.1. The molecule has 1 aromatic carbocycles.